The van der Waals surface area contributed by atoms with Crippen LogP contribution >= 0.6 is 23.2 Å². The molecular weight excluding hydrogens is 321 g/mol. The van der Waals surface area contributed by atoms with Crippen molar-refractivity contribution in [2.45, 2.75) is 19.9 Å². The van der Waals surface area contributed by atoms with Crippen LogP contribution in [0.2, 0.25) is 10.2 Å². The zero-order chi connectivity index (χ0) is 16.0. The molecule has 9 heteroatoms. The lowest BCUT2D eigenvalue weighted by molar-refractivity contribution is -0.123. The fourth-order valence-electron chi connectivity index (χ4n) is 1.22. The summed E-state index contributed by atoms with van der Waals surface area (Å²) in [6, 6.07) is 1.98. The van der Waals surface area contributed by atoms with Crippen LogP contribution in [0.25, 0.3) is 0 Å². The van der Waals surface area contributed by atoms with Gasteiger partial charge in [-0.1, -0.05) is 23.2 Å². The molecule has 7 nitrogen and oxygen atoms in total. The monoisotopic (exact) mass is 333 g/mol. The summed E-state index contributed by atoms with van der Waals surface area (Å²) >= 11 is 11.4. The molecule has 21 heavy (non-hydrogen) atoms. The number of aromatic nitrogens is 1. The zero-order valence-electron chi connectivity index (χ0n) is 11.3. The molecule has 0 fully saturated rings. The van der Waals surface area contributed by atoms with Gasteiger partial charge in [-0.2, -0.15) is 0 Å². The van der Waals surface area contributed by atoms with E-state index in [0.717, 1.165) is 0 Å². The molecule has 0 aliphatic rings. The quantitative estimate of drug-likeness (QED) is 0.646. The topological polar surface area (TPSA) is 97.4 Å². The van der Waals surface area contributed by atoms with Crippen molar-refractivity contribution >= 4 is 41.1 Å². The van der Waals surface area contributed by atoms with Crippen molar-refractivity contribution in [1.29, 1.82) is 0 Å². The maximum Gasteiger partial charge on any atom is 0.359 e. The third-order valence-corrected chi connectivity index (χ3v) is 2.53. The maximum absolute atomic E-state index is 11.7. The summed E-state index contributed by atoms with van der Waals surface area (Å²) in [4.78, 5) is 38.0. The van der Waals surface area contributed by atoms with Crippen LogP contribution in [-0.2, 0) is 9.53 Å². The van der Waals surface area contributed by atoms with Crippen LogP contribution in [0.5, 0.6) is 0 Å². The number of nitrogens with one attached hydrogen (secondary N) is 2. The van der Waals surface area contributed by atoms with Gasteiger partial charge in [-0.25, -0.2) is 14.6 Å². The van der Waals surface area contributed by atoms with E-state index in [9.17, 15) is 14.4 Å². The lowest BCUT2D eigenvalue weighted by Crippen LogP contribution is -2.44. The number of hydrogen-bond acceptors (Lipinski definition) is 5. The number of rotatable bonds is 4. The molecule has 114 valence electrons. The third kappa shape index (κ3) is 5.97. The molecule has 1 aromatic heterocycles. The van der Waals surface area contributed by atoms with Crippen LogP contribution < -0.4 is 10.6 Å². The average molecular weight is 334 g/mol. The lowest BCUT2D eigenvalue weighted by Gasteiger charge is -2.09. The largest absolute Gasteiger partial charge is 0.451 e. The molecule has 1 aromatic rings. The molecule has 0 saturated heterocycles. The molecule has 0 aliphatic carbocycles. The first-order valence-corrected chi connectivity index (χ1v) is 6.64. The SMILES string of the molecule is CC(C)NC(=O)NC(=O)COC(=O)c1nc(Cl)ccc1Cl. The minimum Gasteiger partial charge on any atom is -0.451 e. The number of amides is 3. The molecular formula is C12H13Cl2N3O4. The van der Waals surface area contributed by atoms with Gasteiger partial charge in [0.1, 0.15) is 5.15 Å². The Morgan fingerprint density at radius 1 is 1.29 bits per heavy atom. The van der Waals surface area contributed by atoms with Crippen LogP contribution in [0.4, 0.5) is 4.79 Å². The maximum atomic E-state index is 11.7. The Balaban J connectivity index is 2.51. The van der Waals surface area contributed by atoms with Gasteiger partial charge in [-0.15, -0.1) is 0 Å². The van der Waals surface area contributed by atoms with Crippen molar-refractivity contribution in [1.82, 2.24) is 15.6 Å². The highest BCUT2D eigenvalue weighted by Gasteiger charge is 2.17. The summed E-state index contributed by atoms with van der Waals surface area (Å²) in [5, 5.41) is 4.55. The predicted octanol–water partition coefficient (Wildman–Crippen LogP) is 1.78. The first-order valence-electron chi connectivity index (χ1n) is 5.89. The van der Waals surface area contributed by atoms with Gasteiger partial charge >= 0.3 is 12.0 Å². The first kappa shape index (κ1) is 17.2. The lowest BCUT2D eigenvalue weighted by atomic mass is 10.3. The van der Waals surface area contributed by atoms with E-state index in [-0.39, 0.29) is 21.9 Å². The van der Waals surface area contributed by atoms with Crippen LogP contribution in [0.15, 0.2) is 12.1 Å². The van der Waals surface area contributed by atoms with E-state index in [1.807, 2.05) is 5.32 Å². The molecule has 0 unspecified atom stereocenters. The number of carbonyl (C=O) groups is 3. The molecule has 0 aromatic carbocycles. The zero-order valence-corrected chi connectivity index (χ0v) is 12.8. The molecule has 1 heterocycles. The average Bonchev–Trinajstić information content (AvgIpc) is 2.37. The Hall–Kier alpha value is -1.86. The van der Waals surface area contributed by atoms with Crippen LogP contribution in [0.3, 0.4) is 0 Å². The second kappa shape index (κ2) is 7.80. The molecule has 0 bridgehead atoms. The van der Waals surface area contributed by atoms with Crippen molar-refractivity contribution in [3.63, 3.8) is 0 Å². The van der Waals surface area contributed by atoms with Crippen molar-refractivity contribution in [3.05, 3.63) is 28.0 Å². The number of carbonyl (C=O) groups excluding carboxylic acids is 3. The van der Waals surface area contributed by atoms with Crippen molar-refractivity contribution in [2.75, 3.05) is 6.61 Å². The van der Waals surface area contributed by atoms with Crippen molar-refractivity contribution in [2.24, 2.45) is 0 Å². The Kier molecular flexibility index (Phi) is 6.39. The summed E-state index contributed by atoms with van der Waals surface area (Å²) in [5.74, 6) is -1.69. The molecule has 0 spiro atoms. The Labute approximate surface area is 131 Å². The predicted molar refractivity (Wildman–Crippen MR) is 76.3 cm³/mol. The van der Waals surface area contributed by atoms with Gasteiger partial charge in [-0.3, -0.25) is 10.1 Å². The van der Waals surface area contributed by atoms with E-state index in [0.29, 0.717) is 0 Å². The highest BCUT2D eigenvalue weighted by atomic mass is 35.5. The van der Waals surface area contributed by atoms with E-state index in [1.165, 1.54) is 12.1 Å². The van der Waals surface area contributed by atoms with Gasteiger partial charge in [0, 0.05) is 6.04 Å². The smallest absolute Gasteiger partial charge is 0.359 e. The fourth-order valence-corrected chi connectivity index (χ4v) is 1.55. The molecule has 0 aliphatic heterocycles. The second-order valence-electron chi connectivity index (χ2n) is 4.22. The van der Waals surface area contributed by atoms with E-state index in [2.05, 4.69) is 10.3 Å². The number of pyridine rings is 1. The molecule has 2 N–H and O–H groups in total. The number of halogens is 2. The molecule has 1 rings (SSSR count). The van der Waals surface area contributed by atoms with E-state index in [4.69, 9.17) is 27.9 Å². The first-order chi connectivity index (χ1) is 9.79. The molecule has 3 amide bonds. The highest BCUT2D eigenvalue weighted by Crippen LogP contribution is 2.17. The molecule has 0 radical (unpaired) electrons. The normalized spacial score (nSPS) is 10.1. The highest BCUT2D eigenvalue weighted by molar-refractivity contribution is 6.34. The Morgan fingerprint density at radius 2 is 1.95 bits per heavy atom. The van der Waals surface area contributed by atoms with E-state index >= 15 is 0 Å². The number of ether oxygens (including phenoxy) is 1. The number of esters is 1. The Morgan fingerprint density at radius 3 is 2.57 bits per heavy atom. The number of nitrogens with zero attached hydrogens (tertiary/aromatic N) is 1. The Bertz CT molecular complexity index is 563. The minimum absolute atomic E-state index is 0.0439. The molecule has 0 saturated carbocycles. The van der Waals surface area contributed by atoms with Crippen molar-refractivity contribution in [3.8, 4) is 0 Å². The van der Waals surface area contributed by atoms with Gasteiger partial charge in [0.05, 0.1) is 5.02 Å². The molecule has 0 atom stereocenters. The van der Waals surface area contributed by atoms with E-state index in [1.54, 1.807) is 13.8 Å². The second-order valence-corrected chi connectivity index (χ2v) is 5.01. The van der Waals surface area contributed by atoms with Crippen LogP contribution in [0, 0.1) is 0 Å². The van der Waals surface area contributed by atoms with Crippen LogP contribution in [0.1, 0.15) is 24.3 Å². The van der Waals surface area contributed by atoms with Gasteiger partial charge < -0.3 is 10.1 Å². The number of urea groups is 1. The minimum atomic E-state index is -0.915. The number of hydrogen-bond donors (Lipinski definition) is 2. The fraction of sp³-hybridized carbons (Fsp3) is 0.333. The van der Waals surface area contributed by atoms with Crippen LogP contribution in [-0.4, -0.2) is 35.5 Å². The van der Waals surface area contributed by atoms with Crippen molar-refractivity contribution < 1.29 is 19.1 Å². The van der Waals surface area contributed by atoms with E-state index < -0.39 is 24.5 Å². The standard InChI is InChI=1S/C12H13Cl2N3O4/c1-6(2)15-12(20)17-9(18)5-21-11(19)10-7(13)3-4-8(14)16-10/h3-4,6H,5H2,1-2H3,(H2,15,17,18,20). The summed E-state index contributed by atoms with van der Waals surface area (Å²) in [6.45, 7) is 2.82. The van der Waals surface area contributed by atoms with Gasteiger partial charge in [0.2, 0.25) is 0 Å². The summed E-state index contributed by atoms with van der Waals surface area (Å²) in [5.41, 5.74) is -0.205. The van der Waals surface area contributed by atoms with Gasteiger partial charge in [-0.05, 0) is 26.0 Å². The number of imide groups is 1. The summed E-state index contributed by atoms with van der Waals surface area (Å²) < 4.78 is 4.69. The summed E-state index contributed by atoms with van der Waals surface area (Å²) in [7, 11) is 0. The van der Waals surface area contributed by atoms with Gasteiger partial charge in [0.25, 0.3) is 5.91 Å². The van der Waals surface area contributed by atoms with Gasteiger partial charge in [0.15, 0.2) is 12.3 Å². The summed E-state index contributed by atoms with van der Waals surface area (Å²) in [6.07, 6.45) is 0. The third-order valence-electron chi connectivity index (χ3n) is 2.01.